The van der Waals surface area contributed by atoms with E-state index in [0.717, 1.165) is 33.9 Å². The number of rotatable bonds is 5. The largest absolute Gasteiger partial charge is 0.400 e. The van der Waals surface area contributed by atoms with E-state index in [1.807, 2.05) is 18.2 Å². The molecule has 19 heavy (non-hydrogen) atoms. The summed E-state index contributed by atoms with van der Waals surface area (Å²) in [6.45, 7) is 2.45. The van der Waals surface area contributed by atoms with Crippen LogP contribution in [0.15, 0.2) is 30.3 Å². The van der Waals surface area contributed by atoms with Crippen molar-refractivity contribution in [2.24, 2.45) is 0 Å². The first-order valence-corrected chi connectivity index (χ1v) is 6.58. The Morgan fingerprint density at radius 2 is 1.84 bits per heavy atom. The van der Waals surface area contributed by atoms with E-state index < -0.39 is 0 Å². The van der Waals surface area contributed by atoms with E-state index in [1.165, 1.54) is 18.4 Å². The molecule has 0 aromatic heterocycles. The van der Waals surface area contributed by atoms with Gasteiger partial charge in [-0.15, -0.1) is 0 Å². The molecule has 0 amide bonds. The predicted octanol–water partition coefficient (Wildman–Crippen LogP) is 1.99. The Kier molecular flexibility index (Phi) is 12.8. The van der Waals surface area contributed by atoms with Crippen molar-refractivity contribution < 1.29 is 19.7 Å². The van der Waals surface area contributed by atoms with Gasteiger partial charge in [0.15, 0.2) is 0 Å². The van der Waals surface area contributed by atoms with Crippen molar-refractivity contribution in [2.45, 2.75) is 32.0 Å². The first-order chi connectivity index (χ1) is 9.45. The second-order valence-corrected chi connectivity index (χ2v) is 3.96. The second-order valence-electron chi connectivity index (χ2n) is 3.96. The van der Waals surface area contributed by atoms with E-state index in [9.17, 15) is 0 Å². The molecule has 1 aromatic rings. The van der Waals surface area contributed by atoms with Crippen LogP contribution in [0.5, 0.6) is 0 Å². The molecule has 110 valence electrons. The summed E-state index contributed by atoms with van der Waals surface area (Å²) in [6.07, 6.45) is 3.89. The Morgan fingerprint density at radius 1 is 1.16 bits per heavy atom. The summed E-state index contributed by atoms with van der Waals surface area (Å²) in [6, 6.07) is 10.3. The third kappa shape index (κ3) is 8.72. The van der Waals surface area contributed by atoms with Crippen LogP contribution in [0.4, 0.5) is 0 Å². The normalized spacial score (nSPS) is 16.9. The lowest BCUT2D eigenvalue weighted by Gasteiger charge is -2.09. The van der Waals surface area contributed by atoms with Crippen molar-refractivity contribution in [3.63, 3.8) is 0 Å². The third-order valence-corrected chi connectivity index (χ3v) is 2.72. The summed E-state index contributed by atoms with van der Waals surface area (Å²) in [4.78, 5) is 0. The maximum Gasteiger partial charge on any atom is 0.0716 e. The quantitative estimate of drug-likeness (QED) is 0.803. The van der Waals surface area contributed by atoms with Crippen molar-refractivity contribution in [2.75, 3.05) is 27.4 Å². The fraction of sp³-hybridized carbons (Fsp3) is 0.600. The van der Waals surface area contributed by atoms with Crippen LogP contribution < -0.4 is 0 Å². The smallest absolute Gasteiger partial charge is 0.0716 e. The van der Waals surface area contributed by atoms with Gasteiger partial charge in [0.05, 0.1) is 12.7 Å². The van der Waals surface area contributed by atoms with Crippen molar-refractivity contribution in [1.29, 1.82) is 0 Å². The number of aliphatic hydroxyl groups is 2. The molecule has 1 heterocycles. The molecule has 4 heteroatoms. The van der Waals surface area contributed by atoms with Crippen LogP contribution >= 0.6 is 0 Å². The molecule has 0 aliphatic carbocycles. The zero-order valence-corrected chi connectivity index (χ0v) is 11.9. The van der Waals surface area contributed by atoms with E-state index in [2.05, 4.69) is 12.1 Å². The molecule has 4 nitrogen and oxygen atoms in total. The highest BCUT2D eigenvalue weighted by Crippen LogP contribution is 2.15. The van der Waals surface area contributed by atoms with Crippen molar-refractivity contribution in [1.82, 2.24) is 0 Å². The number of aliphatic hydroxyl groups excluding tert-OH is 2. The summed E-state index contributed by atoms with van der Waals surface area (Å²) in [7, 11) is 2.00. The average molecular weight is 270 g/mol. The Bertz CT molecular complexity index is 271. The van der Waals surface area contributed by atoms with E-state index in [-0.39, 0.29) is 0 Å². The minimum absolute atomic E-state index is 0.445. The molecule has 2 rings (SSSR count). The van der Waals surface area contributed by atoms with E-state index in [0.29, 0.717) is 12.7 Å². The zero-order valence-electron chi connectivity index (χ0n) is 11.9. The van der Waals surface area contributed by atoms with Gasteiger partial charge < -0.3 is 19.7 Å². The maximum absolute atomic E-state index is 7.00. The minimum atomic E-state index is 0.445. The topological polar surface area (TPSA) is 58.9 Å². The first kappa shape index (κ1) is 18.1. The summed E-state index contributed by atoms with van der Waals surface area (Å²) in [5.41, 5.74) is 1.24. The van der Waals surface area contributed by atoms with Crippen LogP contribution in [0.3, 0.4) is 0 Å². The summed E-state index contributed by atoms with van der Waals surface area (Å²) < 4.78 is 11.1. The average Bonchev–Trinajstić information content (AvgIpc) is 3.02. The standard InChI is InChI=1S/C13H18O2.2CH4O/c1-2-5-12(6-3-1)11-14-10-8-13-7-4-9-15-13;2*1-2/h1-3,5-6,13H,4,7-11H2;2*2H,1H3. The highest BCUT2D eigenvalue weighted by Gasteiger charge is 2.14. The molecule has 1 aliphatic rings. The number of hydrogen-bond donors (Lipinski definition) is 2. The molecular formula is C15H26O4. The van der Waals surface area contributed by atoms with Crippen molar-refractivity contribution in [3.05, 3.63) is 35.9 Å². The summed E-state index contributed by atoms with van der Waals surface area (Å²) >= 11 is 0. The minimum Gasteiger partial charge on any atom is -0.400 e. The highest BCUT2D eigenvalue weighted by molar-refractivity contribution is 5.13. The van der Waals surface area contributed by atoms with Gasteiger partial charge in [0.25, 0.3) is 0 Å². The molecule has 0 spiro atoms. The molecule has 1 unspecified atom stereocenters. The molecule has 1 saturated heterocycles. The molecule has 0 bridgehead atoms. The SMILES string of the molecule is CO.CO.c1ccc(COCCC2CCCO2)cc1. The van der Waals surface area contributed by atoms with Crippen LogP contribution in [-0.4, -0.2) is 43.8 Å². The van der Waals surface area contributed by atoms with Gasteiger partial charge in [0.2, 0.25) is 0 Å². The lowest BCUT2D eigenvalue weighted by atomic mass is 10.2. The lowest BCUT2D eigenvalue weighted by Crippen LogP contribution is -2.09. The first-order valence-electron chi connectivity index (χ1n) is 6.58. The van der Waals surface area contributed by atoms with Gasteiger partial charge in [-0.1, -0.05) is 30.3 Å². The maximum atomic E-state index is 7.00. The van der Waals surface area contributed by atoms with Crippen LogP contribution in [0.1, 0.15) is 24.8 Å². The van der Waals surface area contributed by atoms with Gasteiger partial charge in [-0.05, 0) is 24.8 Å². The summed E-state index contributed by atoms with van der Waals surface area (Å²) in [5, 5.41) is 14.0. The fourth-order valence-electron chi connectivity index (χ4n) is 1.85. The second kappa shape index (κ2) is 13.5. The van der Waals surface area contributed by atoms with Crippen LogP contribution in [0, 0.1) is 0 Å². The molecule has 2 N–H and O–H groups in total. The van der Waals surface area contributed by atoms with Crippen LogP contribution in [-0.2, 0) is 16.1 Å². The van der Waals surface area contributed by atoms with Crippen LogP contribution in [0.2, 0.25) is 0 Å². The Morgan fingerprint density at radius 3 is 2.42 bits per heavy atom. The van der Waals surface area contributed by atoms with E-state index in [1.54, 1.807) is 0 Å². The lowest BCUT2D eigenvalue weighted by molar-refractivity contribution is 0.0537. The zero-order chi connectivity index (χ0) is 14.3. The predicted molar refractivity (Wildman–Crippen MR) is 76.0 cm³/mol. The van der Waals surface area contributed by atoms with Crippen molar-refractivity contribution >= 4 is 0 Å². The Balaban J connectivity index is 0.000000741. The number of ether oxygens (including phenoxy) is 2. The van der Waals surface area contributed by atoms with Gasteiger partial charge in [0, 0.05) is 27.4 Å². The Labute approximate surface area is 116 Å². The third-order valence-electron chi connectivity index (χ3n) is 2.72. The van der Waals surface area contributed by atoms with Gasteiger partial charge in [-0.25, -0.2) is 0 Å². The van der Waals surface area contributed by atoms with Gasteiger partial charge in [0.1, 0.15) is 0 Å². The Hall–Kier alpha value is -0.940. The molecule has 1 atom stereocenters. The molecular weight excluding hydrogens is 244 g/mol. The molecule has 1 aromatic carbocycles. The monoisotopic (exact) mass is 270 g/mol. The van der Waals surface area contributed by atoms with Gasteiger partial charge in [-0.2, -0.15) is 0 Å². The van der Waals surface area contributed by atoms with Gasteiger partial charge in [-0.3, -0.25) is 0 Å². The number of hydrogen-bond acceptors (Lipinski definition) is 4. The van der Waals surface area contributed by atoms with Gasteiger partial charge >= 0.3 is 0 Å². The summed E-state index contributed by atoms with van der Waals surface area (Å²) in [5.74, 6) is 0. The van der Waals surface area contributed by atoms with Crippen molar-refractivity contribution in [3.8, 4) is 0 Å². The highest BCUT2D eigenvalue weighted by atomic mass is 16.5. The molecule has 0 saturated carbocycles. The van der Waals surface area contributed by atoms with Crippen LogP contribution in [0.25, 0.3) is 0 Å². The molecule has 0 radical (unpaired) electrons. The fourth-order valence-corrected chi connectivity index (χ4v) is 1.85. The number of benzene rings is 1. The molecule has 1 fully saturated rings. The van der Waals surface area contributed by atoms with E-state index in [4.69, 9.17) is 19.7 Å². The van der Waals surface area contributed by atoms with E-state index >= 15 is 0 Å². The molecule has 1 aliphatic heterocycles.